The zero-order valence-corrected chi connectivity index (χ0v) is 11.0. The Hall–Kier alpha value is -0.910. The smallest absolute Gasteiger partial charge is 0.243 e. The predicted molar refractivity (Wildman–Crippen MR) is 69.7 cm³/mol. The molecule has 0 aromatic rings. The maximum Gasteiger partial charge on any atom is 0.243 e. The van der Waals surface area contributed by atoms with Crippen LogP contribution >= 0.6 is 0 Å². The van der Waals surface area contributed by atoms with Gasteiger partial charge in [-0.2, -0.15) is 0 Å². The second-order valence-electron chi connectivity index (χ2n) is 5.09. The summed E-state index contributed by atoms with van der Waals surface area (Å²) >= 11 is 0. The molecule has 0 aromatic carbocycles. The topological polar surface area (TPSA) is 61.6 Å². The van der Waals surface area contributed by atoms with Crippen molar-refractivity contribution in [2.24, 2.45) is 5.73 Å². The van der Waals surface area contributed by atoms with Crippen molar-refractivity contribution in [2.45, 2.75) is 18.5 Å². The van der Waals surface area contributed by atoms with Crippen LogP contribution in [0.3, 0.4) is 0 Å². The fourth-order valence-corrected chi connectivity index (χ4v) is 2.09. The molecule has 2 atom stereocenters. The van der Waals surface area contributed by atoms with E-state index in [1.54, 1.807) is 6.08 Å². The summed E-state index contributed by atoms with van der Waals surface area (Å²) in [4.78, 5) is 15.8. The summed E-state index contributed by atoms with van der Waals surface area (Å²) in [5, 5.41) is 2.99. The fourth-order valence-electron chi connectivity index (χ4n) is 2.09. The lowest BCUT2D eigenvalue weighted by Crippen LogP contribution is -2.53. The van der Waals surface area contributed by atoms with Gasteiger partial charge in [0.2, 0.25) is 5.91 Å². The molecular formula is C12H24N4O. The number of rotatable bonds is 4. The van der Waals surface area contributed by atoms with Gasteiger partial charge in [-0.15, -0.1) is 0 Å². The molecule has 2 unspecified atom stereocenters. The molecule has 1 aliphatic rings. The van der Waals surface area contributed by atoms with E-state index in [2.05, 4.69) is 10.2 Å². The Kier molecular flexibility index (Phi) is 5.61. The Balaban J connectivity index is 2.32. The van der Waals surface area contributed by atoms with Crippen LogP contribution in [0.25, 0.3) is 0 Å². The first-order valence-electron chi connectivity index (χ1n) is 6.03. The van der Waals surface area contributed by atoms with Crippen molar-refractivity contribution in [1.82, 2.24) is 15.1 Å². The monoisotopic (exact) mass is 240 g/mol. The van der Waals surface area contributed by atoms with E-state index in [4.69, 9.17) is 5.73 Å². The number of likely N-dealkylation sites (N-methyl/N-ethyl adjacent to an activating group) is 2. The van der Waals surface area contributed by atoms with Crippen molar-refractivity contribution in [1.29, 1.82) is 0 Å². The SMILES string of the molecule is CN(C)C/C=C/C(=O)NC1CC(N)CN(C)C1. The van der Waals surface area contributed by atoms with Crippen LogP contribution in [0.2, 0.25) is 0 Å². The maximum atomic E-state index is 11.6. The van der Waals surface area contributed by atoms with E-state index < -0.39 is 0 Å². The fraction of sp³-hybridized carbons (Fsp3) is 0.750. The third-order valence-corrected chi connectivity index (χ3v) is 2.75. The standard InChI is InChI=1S/C12H24N4O/c1-15(2)6-4-5-12(17)14-11-7-10(13)8-16(3)9-11/h4-5,10-11H,6-9,13H2,1-3H3,(H,14,17)/b5-4+. The summed E-state index contributed by atoms with van der Waals surface area (Å²) < 4.78 is 0. The number of nitrogens with zero attached hydrogens (tertiary/aromatic N) is 2. The van der Waals surface area contributed by atoms with Crippen molar-refractivity contribution in [2.75, 3.05) is 40.8 Å². The third kappa shape index (κ3) is 5.81. The Morgan fingerprint density at radius 3 is 2.82 bits per heavy atom. The molecule has 1 aliphatic heterocycles. The summed E-state index contributed by atoms with van der Waals surface area (Å²) in [6.45, 7) is 2.56. The summed E-state index contributed by atoms with van der Waals surface area (Å²) in [5.74, 6) is -0.0284. The second kappa shape index (κ2) is 6.74. The van der Waals surface area contributed by atoms with E-state index in [1.165, 1.54) is 0 Å². The average molecular weight is 240 g/mol. The van der Waals surface area contributed by atoms with Gasteiger partial charge in [-0.05, 0) is 27.6 Å². The number of hydrogen-bond donors (Lipinski definition) is 2. The molecule has 3 N–H and O–H groups in total. The van der Waals surface area contributed by atoms with Crippen molar-refractivity contribution in [3.05, 3.63) is 12.2 Å². The van der Waals surface area contributed by atoms with E-state index >= 15 is 0 Å². The van der Waals surface area contributed by atoms with Crippen molar-refractivity contribution >= 4 is 5.91 Å². The Labute approximate surface area is 104 Å². The first kappa shape index (κ1) is 14.2. The molecule has 98 valence electrons. The minimum atomic E-state index is -0.0284. The highest BCUT2D eigenvalue weighted by Gasteiger charge is 2.23. The lowest BCUT2D eigenvalue weighted by molar-refractivity contribution is -0.117. The number of carbonyl (C=O) groups is 1. The molecule has 1 heterocycles. The van der Waals surface area contributed by atoms with Crippen LogP contribution in [0.4, 0.5) is 0 Å². The second-order valence-corrected chi connectivity index (χ2v) is 5.09. The van der Waals surface area contributed by atoms with E-state index in [0.29, 0.717) is 0 Å². The molecule has 0 bridgehead atoms. The zero-order chi connectivity index (χ0) is 12.8. The van der Waals surface area contributed by atoms with Crippen LogP contribution in [-0.2, 0) is 4.79 Å². The lowest BCUT2D eigenvalue weighted by atomic mass is 10.0. The van der Waals surface area contributed by atoms with Crippen molar-refractivity contribution in [3.63, 3.8) is 0 Å². The largest absolute Gasteiger partial charge is 0.348 e. The number of hydrogen-bond acceptors (Lipinski definition) is 4. The van der Waals surface area contributed by atoms with E-state index in [1.807, 2.05) is 32.1 Å². The molecule has 0 aromatic heterocycles. The van der Waals surface area contributed by atoms with Gasteiger partial charge in [0.05, 0.1) is 0 Å². The molecule has 5 nitrogen and oxygen atoms in total. The van der Waals surface area contributed by atoms with Crippen LogP contribution in [0.15, 0.2) is 12.2 Å². The molecule has 1 amide bonds. The minimum Gasteiger partial charge on any atom is -0.348 e. The van der Waals surface area contributed by atoms with Gasteiger partial charge in [-0.3, -0.25) is 4.79 Å². The number of amides is 1. The van der Waals surface area contributed by atoms with Gasteiger partial charge in [-0.25, -0.2) is 0 Å². The first-order valence-corrected chi connectivity index (χ1v) is 6.03. The number of nitrogens with one attached hydrogen (secondary N) is 1. The van der Waals surface area contributed by atoms with Gasteiger partial charge in [-0.1, -0.05) is 6.08 Å². The molecule has 0 radical (unpaired) electrons. The van der Waals surface area contributed by atoms with Crippen molar-refractivity contribution in [3.8, 4) is 0 Å². The quantitative estimate of drug-likeness (QED) is 0.635. The summed E-state index contributed by atoms with van der Waals surface area (Å²) in [6.07, 6.45) is 4.32. The predicted octanol–water partition coefficient (Wildman–Crippen LogP) is -0.748. The molecule has 0 aliphatic carbocycles. The normalized spacial score (nSPS) is 26.6. The molecule has 1 saturated heterocycles. The molecule has 1 fully saturated rings. The van der Waals surface area contributed by atoms with Gasteiger partial charge in [0.1, 0.15) is 0 Å². The minimum absolute atomic E-state index is 0.0284. The van der Waals surface area contributed by atoms with Crippen LogP contribution < -0.4 is 11.1 Å². The third-order valence-electron chi connectivity index (χ3n) is 2.75. The number of carbonyl (C=O) groups excluding carboxylic acids is 1. The lowest BCUT2D eigenvalue weighted by Gasteiger charge is -2.33. The van der Waals surface area contributed by atoms with E-state index in [-0.39, 0.29) is 18.0 Å². The molecule has 5 heteroatoms. The van der Waals surface area contributed by atoms with Crippen LogP contribution in [0.1, 0.15) is 6.42 Å². The molecule has 0 saturated carbocycles. The summed E-state index contributed by atoms with van der Waals surface area (Å²) in [6, 6.07) is 0.324. The molecular weight excluding hydrogens is 216 g/mol. The molecule has 17 heavy (non-hydrogen) atoms. The van der Waals surface area contributed by atoms with Gasteiger partial charge in [0, 0.05) is 37.8 Å². The first-order chi connectivity index (χ1) is 7.97. The Morgan fingerprint density at radius 2 is 2.24 bits per heavy atom. The summed E-state index contributed by atoms with van der Waals surface area (Å²) in [7, 11) is 5.97. The molecule has 1 rings (SSSR count). The van der Waals surface area contributed by atoms with Gasteiger partial charge in [0.15, 0.2) is 0 Å². The highest BCUT2D eigenvalue weighted by Crippen LogP contribution is 2.07. The Morgan fingerprint density at radius 1 is 1.53 bits per heavy atom. The van der Waals surface area contributed by atoms with Crippen LogP contribution in [0, 0.1) is 0 Å². The number of likely N-dealkylation sites (tertiary alicyclic amines) is 1. The maximum absolute atomic E-state index is 11.6. The van der Waals surface area contributed by atoms with E-state index in [9.17, 15) is 4.79 Å². The highest BCUT2D eigenvalue weighted by molar-refractivity contribution is 5.87. The highest BCUT2D eigenvalue weighted by atomic mass is 16.1. The van der Waals surface area contributed by atoms with Gasteiger partial charge >= 0.3 is 0 Å². The average Bonchev–Trinajstić information content (AvgIpc) is 2.14. The van der Waals surface area contributed by atoms with Crippen LogP contribution in [-0.4, -0.2) is 68.6 Å². The summed E-state index contributed by atoms with van der Waals surface area (Å²) in [5.41, 5.74) is 5.91. The van der Waals surface area contributed by atoms with E-state index in [0.717, 1.165) is 26.1 Å². The van der Waals surface area contributed by atoms with Crippen LogP contribution in [0.5, 0.6) is 0 Å². The molecule has 0 spiro atoms. The number of nitrogens with two attached hydrogens (primary N) is 1. The Bertz CT molecular complexity index is 268. The van der Waals surface area contributed by atoms with Crippen molar-refractivity contribution < 1.29 is 4.79 Å². The number of piperidine rings is 1. The van der Waals surface area contributed by atoms with Gasteiger partial charge in [0.25, 0.3) is 0 Å². The van der Waals surface area contributed by atoms with Gasteiger partial charge < -0.3 is 20.9 Å². The zero-order valence-electron chi connectivity index (χ0n) is 11.0.